The second kappa shape index (κ2) is 8.21. The maximum absolute atomic E-state index is 14.0. The van der Waals surface area contributed by atoms with Gasteiger partial charge in [0.2, 0.25) is 5.78 Å². The van der Waals surface area contributed by atoms with Gasteiger partial charge in [0.1, 0.15) is 0 Å². The van der Waals surface area contributed by atoms with Crippen molar-refractivity contribution in [3.05, 3.63) is 102 Å². The summed E-state index contributed by atoms with van der Waals surface area (Å²) in [6.45, 7) is 0. The summed E-state index contributed by atoms with van der Waals surface area (Å²) >= 11 is 0. The highest BCUT2D eigenvalue weighted by Crippen LogP contribution is 2.28. The molecule has 0 aliphatic carbocycles. The number of benzene rings is 3. The van der Waals surface area contributed by atoms with E-state index in [4.69, 9.17) is 9.47 Å². The number of ether oxygens (including phenoxy) is 2. The lowest BCUT2D eigenvalue weighted by Gasteiger charge is -2.17. The predicted molar refractivity (Wildman–Crippen MR) is 110 cm³/mol. The van der Waals surface area contributed by atoms with Gasteiger partial charge >= 0.3 is 5.97 Å². The molecule has 4 rings (SSSR count). The Morgan fingerprint density at radius 3 is 2.43 bits per heavy atom. The fourth-order valence-electron chi connectivity index (χ4n) is 3.29. The first-order valence-electron chi connectivity index (χ1n) is 9.28. The Bertz CT molecular complexity index is 1220. The number of carbonyl (C=O) groups is 2. The molecule has 0 saturated heterocycles. The van der Waals surface area contributed by atoms with E-state index in [9.17, 15) is 14.0 Å². The van der Waals surface area contributed by atoms with Crippen molar-refractivity contribution in [3.63, 3.8) is 0 Å². The summed E-state index contributed by atoms with van der Waals surface area (Å²) in [7, 11) is 1.34. The molecule has 0 bridgehead atoms. The van der Waals surface area contributed by atoms with E-state index in [0.717, 1.165) is 17.0 Å². The van der Waals surface area contributed by atoms with Gasteiger partial charge < -0.3 is 14.5 Å². The molecule has 1 unspecified atom stereocenters. The number of esters is 1. The molecule has 1 N–H and O–H groups in total. The molecule has 0 fully saturated rings. The van der Waals surface area contributed by atoms with Crippen LogP contribution in [0.15, 0.2) is 79.0 Å². The van der Waals surface area contributed by atoms with Crippen LogP contribution in [0.5, 0.6) is 5.75 Å². The summed E-state index contributed by atoms with van der Waals surface area (Å²) < 4.78 is 24.5. The number of para-hydroxylation sites is 1. The average Bonchev–Trinajstić information content (AvgIpc) is 3.21. The monoisotopic (exact) mass is 403 g/mol. The van der Waals surface area contributed by atoms with Gasteiger partial charge in [-0.3, -0.25) is 4.79 Å². The number of carbonyl (C=O) groups excluding carboxylic acids is 2. The van der Waals surface area contributed by atoms with Crippen LogP contribution in [-0.2, 0) is 4.74 Å². The number of aromatic amines is 1. The van der Waals surface area contributed by atoms with Crippen molar-refractivity contribution < 1.29 is 23.5 Å². The van der Waals surface area contributed by atoms with Crippen LogP contribution in [0.25, 0.3) is 10.9 Å². The van der Waals surface area contributed by atoms with Crippen molar-refractivity contribution in [2.75, 3.05) is 7.11 Å². The van der Waals surface area contributed by atoms with Crippen LogP contribution in [0.2, 0.25) is 0 Å². The molecule has 0 saturated carbocycles. The van der Waals surface area contributed by atoms with E-state index in [2.05, 4.69) is 4.98 Å². The molecule has 30 heavy (non-hydrogen) atoms. The van der Waals surface area contributed by atoms with Crippen LogP contribution < -0.4 is 4.74 Å². The van der Waals surface area contributed by atoms with Crippen molar-refractivity contribution in [1.29, 1.82) is 0 Å². The van der Waals surface area contributed by atoms with E-state index >= 15 is 0 Å². The van der Waals surface area contributed by atoms with Crippen molar-refractivity contribution in [2.24, 2.45) is 0 Å². The largest absolute Gasteiger partial charge is 0.494 e. The summed E-state index contributed by atoms with van der Waals surface area (Å²) in [6, 6.07) is 19.9. The maximum Gasteiger partial charge on any atom is 0.339 e. The van der Waals surface area contributed by atoms with Crippen molar-refractivity contribution >= 4 is 22.7 Å². The van der Waals surface area contributed by atoms with Crippen molar-refractivity contribution in [2.45, 2.75) is 6.10 Å². The first-order chi connectivity index (χ1) is 14.6. The highest BCUT2D eigenvalue weighted by Gasteiger charge is 2.28. The van der Waals surface area contributed by atoms with Crippen LogP contribution in [0.1, 0.15) is 32.4 Å². The van der Waals surface area contributed by atoms with E-state index in [1.54, 1.807) is 36.5 Å². The van der Waals surface area contributed by atoms with Gasteiger partial charge in [0.15, 0.2) is 17.7 Å². The van der Waals surface area contributed by atoms with E-state index < -0.39 is 17.9 Å². The zero-order valence-corrected chi connectivity index (χ0v) is 16.1. The smallest absolute Gasteiger partial charge is 0.339 e. The van der Waals surface area contributed by atoms with Gasteiger partial charge in [-0.15, -0.1) is 0 Å². The summed E-state index contributed by atoms with van der Waals surface area (Å²) in [6.07, 6.45) is 0.423. The van der Waals surface area contributed by atoms with Crippen LogP contribution in [0.3, 0.4) is 0 Å². The van der Waals surface area contributed by atoms with Gasteiger partial charge in [-0.25, -0.2) is 9.18 Å². The lowest BCUT2D eigenvalue weighted by atomic mass is 9.99. The molecular formula is C24H18FNO4. The van der Waals surface area contributed by atoms with Gasteiger partial charge in [-0.1, -0.05) is 48.5 Å². The predicted octanol–water partition coefficient (Wildman–Crippen LogP) is 5.10. The molecule has 0 spiro atoms. The Balaban J connectivity index is 1.69. The Hall–Kier alpha value is -3.93. The van der Waals surface area contributed by atoms with Crippen LogP contribution in [0.4, 0.5) is 4.39 Å². The average molecular weight is 403 g/mol. The first-order valence-corrected chi connectivity index (χ1v) is 9.28. The molecule has 1 aromatic heterocycles. The third kappa shape index (κ3) is 3.67. The Morgan fingerprint density at radius 2 is 1.70 bits per heavy atom. The number of H-pyrrole nitrogens is 1. The third-order valence-electron chi connectivity index (χ3n) is 4.81. The number of rotatable bonds is 6. The zero-order valence-electron chi connectivity index (χ0n) is 16.1. The van der Waals surface area contributed by atoms with E-state index in [1.807, 2.05) is 24.3 Å². The lowest BCUT2D eigenvalue weighted by molar-refractivity contribution is 0.0280. The normalized spacial score (nSPS) is 11.8. The van der Waals surface area contributed by atoms with Gasteiger partial charge in [-0.2, -0.15) is 0 Å². The molecule has 0 radical (unpaired) electrons. The number of hydrogen-bond donors (Lipinski definition) is 1. The molecule has 5 nitrogen and oxygen atoms in total. The van der Waals surface area contributed by atoms with Gasteiger partial charge in [-0.05, 0) is 24.3 Å². The van der Waals surface area contributed by atoms with Crippen molar-refractivity contribution in [3.8, 4) is 5.75 Å². The van der Waals surface area contributed by atoms with Crippen LogP contribution in [-0.4, -0.2) is 23.8 Å². The maximum atomic E-state index is 14.0. The van der Waals surface area contributed by atoms with E-state index in [0.29, 0.717) is 11.1 Å². The Morgan fingerprint density at radius 1 is 0.967 bits per heavy atom. The topological polar surface area (TPSA) is 68.4 Å². The number of methoxy groups -OCH3 is 1. The molecule has 4 aromatic rings. The minimum absolute atomic E-state index is 0.0130. The van der Waals surface area contributed by atoms with E-state index in [-0.39, 0.29) is 17.1 Å². The molecule has 3 aromatic carbocycles. The third-order valence-corrected chi connectivity index (χ3v) is 4.81. The fraction of sp³-hybridized carbons (Fsp3) is 0.0833. The molecule has 0 aliphatic heterocycles. The SMILES string of the molecule is COc1ccc(C(=O)OC(C(=O)c2c[nH]c3ccccc23)c2ccccc2)cc1F. The minimum Gasteiger partial charge on any atom is -0.494 e. The number of fused-ring (bicyclic) bond motifs is 1. The second-order valence-corrected chi connectivity index (χ2v) is 6.66. The zero-order chi connectivity index (χ0) is 21.1. The Labute approximate surface area is 172 Å². The minimum atomic E-state index is -1.18. The quantitative estimate of drug-likeness (QED) is 0.359. The fourth-order valence-corrected chi connectivity index (χ4v) is 3.29. The highest BCUT2D eigenvalue weighted by molar-refractivity contribution is 6.11. The molecule has 0 amide bonds. The van der Waals surface area contributed by atoms with Gasteiger partial charge in [0, 0.05) is 28.2 Å². The number of ketones is 1. The standard InChI is InChI=1S/C24H18FNO4/c1-29-21-12-11-16(13-19(21)25)24(28)30-23(15-7-3-2-4-8-15)22(27)18-14-26-20-10-6-5-9-17(18)20/h2-14,23,26H,1H3. The summed E-state index contributed by atoms with van der Waals surface area (Å²) in [4.78, 5) is 29.1. The number of nitrogens with one attached hydrogen (secondary N) is 1. The molecular weight excluding hydrogens is 385 g/mol. The second-order valence-electron chi connectivity index (χ2n) is 6.66. The lowest BCUT2D eigenvalue weighted by Crippen LogP contribution is -2.20. The van der Waals surface area contributed by atoms with Gasteiger partial charge in [0.05, 0.1) is 12.7 Å². The molecule has 1 heterocycles. The number of halogens is 1. The first kappa shape index (κ1) is 19.4. The van der Waals surface area contributed by atoms with Crippen molar-refractivity contribution in [1.82, 2.24) is 4.98 Å². The van der Waals surface area contributed by atoms with Crippen LogP contribution in [0, 0.1) is 5.82 Å². The number of aromatic nitrogens is 1. The van der Waals surface area contributed by atoms with Gasteiger partial charge in [0.25, 0.3) is 0 Å². The highest BCUT2D eigenvalue weighted by atomic mass is 19.1. The number of hydrogen-bond acceptors (Lipinski definition) is 4. The summed E-state index contributed by atoms with van der Waals surface area (Å²) in [5.74, 6) is -1.85. The molecule has 1 atom stereocenters. The summed E-state index contributed by atoms with van der Waals surface area (Å²) in [5.41, 5.74) is 1.72. The van der Waals surface area contributed by atoms with Crippen LogP contribution >= 0.6 is 0 Å². The van der Waals surface area contributed by atoms with E-state index in [1.165, 1.54) is 19.2 Å². The summed E-state index contributed by atoms with van der Waals surface area (Å²) in [5, 5.41) is 0.731. The molecule has 150 valence electrons. The number of Topliss-reactive ketones (excluding diaryl/α,β-unsaturated/α-hetero) is 1. The molecule has 6 heteroatoms. The molecule has 0 aliphatic rings. The Kier molecular flexibility index (Phi) is 5.30.